The van der Waals surface area contributed by atoms with E-state index in [0.717, 1.165) is 11.1 Å². The first-order valence-electron chi connectivity index (χ1n) is 5.22. The monoisotopic (exact) mass is 221 g/mol. The lowest BCUT2D eigenvalue weighted by molar-refractivity contribution is 0.0989. The van der Waals surface area contributed by atoms with Crippen LogP contribution in [0, 0.1) is 13.8 Å². The van der Waals surface area contributed by atoms with Crippen molar-refractivity contribution in [2.75, 3.05) is 20.4 Å². The molecule has 4 nitrogen and oxygen atoms in total. The van der Waals surface area contributed by atoms with E-state index in [0.29, 0.717) is 23.6 Å². The first-order valence-corrected chi connectivity index (χ1v) is 5.22. The highest BCUT2D eigenvalue weighted by molar-refractivity contribution is 6.01. The number of hydrogen-bond acceptors (Lipinski definition) is 4. The first kappa shape index (κ1) is 11.0. The summed E-state index contributed by atoms with van der Waals surface area (Å²) in [5.41, 5.74) is 2.68. The van der Waals surface area contributed by atoms with Crippen molar-refractivity contribution in [2.45, 2.75) is 13.8 Å². The van der Waals surface area contributed by atoms with E-state index in [1.54, 1.807) is 7.05 Å². The molecule has 2 rings (SSSR count). The molecule has 0 saturated carbocycles. The maximum Gasteiger partial charge on any atom is 0.231 e. The summed E-state index contributed by atoms with van der Waals surface area (Å²) in [5.74, 6) is 1.31. The molecule has 1 aromatic rings. The Morgan fingerprint density at radius 2 is 2.06 bits per heavy atom. The number of aryl methyl sites for hydroxylation is 1. The molecule has 0 atom stereocenters. The van der Waals surface area contributed by atoms with Crippen molar-refractivity contribution < 1.29 is 14.3 Å². The van der Waals surface area contributed by atoms with E-state index >= 15 is 0 Å². The fourth-order valence-electron chi connectivity index (χ4n) is 1.79. The lowest BCUT2D eigenvalue weighted by Crippen LogP contribution is -2.19. The molecular weight excluding hydrogens is 206 g/mol. The minimum Gasteiger partial charge on any atom is -0.453 e. The first-order chi connectivity index (χ1) is 7.65. The molecule has 0 unspecified atom stereocenters. The third-order valence-electron chi connectivity index (χ3n) is 2.79. The van der Waals surface area contributed by atoms with Crippen molar-refractivity contribution in [3.8, 4) is 11.5 Å². The highest BCUT2D eigenvalue weighted by Crippen LogP contribution is 2.40. The smallest absolute Gasteiger partial charge is 0.231 e. The van der Waals surface area contributed by atoms with E-state index in [9.17, 15) is 4.79 Å². The van der Waals surface area contributed by atoms with E-state index in [2.05, 4.69) is 5.32 Å². The zero-order valence-electron chi connectivity index (χ0n) is 9.72. The Morgan fingerprint density at radius 3 is 2.75 bits per heavy atom. The van der Waals surface area contributed by atoms with E-state index in [-0.39, 0.29) is 12.6 Å². The number of nitrogens with one attached hydrogen (secondary N) is 1. The van der Waals surface area contributed by atoms with Gasteiger partial charge in [-0.1, -0.05) is 0 Å². The van der Waals surface area contributed by atoms with Crippen molar-refractivity contribution in [3.05, 3.63) is 22.8 Å². The summed E-state index contributed by atoms with van der Waals surface area (Å²) < 4.78 is 10.7. The SMILES string of the molecule is CNCC(=O)c1cc(C)c(C)c2c1OCO2. The van der Waals surface area contributed by atoms with Crippen LogP contribution >= 0.6 is 0 Å². The van der Waals surface area contributed by atoms with E-state index in [4.69, 9.17) is 9.47 Å². The zero-order valence-corrected chi connectivity index (χ0v) is 9.72. The lowest BCUT2D eigenvalue weighted by atomic mass is 10.0. The van der Waals surface area contributed by atoms with Gasteiger partial charge in [0.25, 0.3) is 0 Å². The number of ether oxygens (including phenoxy) is 2. The molecule has 0 aromatic heterocycles. The normalized spacial score (nSPS) is 12.9. The van der Waals surface area contributed by atoms with Gasteiger partial charge in [0, 0.05) is 0 Å². The van der Waals surface area contributed by atoms with Crippen LogP contribution in [0.15, 0.2) is 6.07 Å². The van der Waals surface area contributed by atoms with Gasteiger partial charge < -0.3 is 14.8 Å². The third-order valence-corrected chi connectivity index (χ3v) is 2.79. The van der Waals surface area contributed by atoms with Gasteiger partial charge in [-0.3, -0.25) is 4.79 Å². The van der Waals surface area contributed by atoms with Gasteiger partial charge in [0.15, 0.2) is 17.3 Å². The maximum atomic E-state index is 11.9. The highest BCUT2D eigenvalue weighted by Gasteiger charge is 2.24. The van der Waals surface area contributed by atoms with E-state index in [1.807, 2.05) is 19.9 Å². The molecule has 1 heterocycles. The standard InChI is InChI=1S/C12H15NO3/c1-7-4-9(10(14)5-13-3)12-11(8(7)2)15-6-16-12/h4,13H,5-6H2,1-3H3. The topological polar surface area (TPSA) is 47.6 Å². The number of Topliss-reactive ketones (excluding diaryl/α,β-unsaturated/α-hetero) is 1. The summed E-state index contributed by atoms with van der Waals surface area (Å²) in [7, 11) is 1.75. The molecule has 86 valence electrons. The van der Waals surface area contributed by atoms with Crippen LogP contribution in [-0.4, -0.2) is 26.2 Å². The minimum atomic E-state index is 0.0207. The average Bonchev–Trinajstić information content (AvgIpc) is 2.72. The number of carbonyl (C=O) groups is 1. The third kappa shape index (κ3) is 1.65. The Morgan fingerprint density at radius 1 is 1.38 bits per heavy atom. The second-order valence-electron chi connectivity index (χ2n) is 3.88. The Kier molecular flexibility index (Phi) is 2.83. The van der Waals surface area contributed by atoms with Gasteiger partial charge in [0.1, 0.15) is 0 Å². The van der Waals surface area contributed by atoms with Gasteiger partial charge >= 0.3 is 0 Å². The maximum absolute atomic E-state index is 11.9. The number of ketones is 1. The largest absolute Gasteiger partial charge is 0.453 e. The van der Waals surface area contributed by atoms with Gasteiger partial charge in [-0.15, -0.1) is 0 Å². The fourth-order valence-corrected chi connectivity index (χ4v) is 1.79. The summed E-state index contributed by atoms with van der Waals surface area (Å²) >= 11 is 0. The second-order valence-corrected chi connectivity index (χ2v) is 3.88. The van der Waals surface area contributed by atoms with Crippen LogP contribution in [0.3, 0.4) is 0 Å². The molecule has 1 aliphatic rings. The lowest BCUT2D eigenvalue weighted by Gasteiger charge is -2.09. The average molecular weight is 221 g/mol. The van der Waals surface area contributed by atoms with Gasteiger partial charge in [-0.2, -0.15) is 0 Å². The van der Waals surface area contributed by atoms with Crippen molar-refractivity contribution in [1.82, 2.24) is 5.32 Å². The fraction of sp³-hybridized carbons (Fsp3) is 0.417. The molecule has 0 fully saturated rings. The number of likely N-dealkylation sites (N-methyl/N-ethyl adjacent to an activating group) is 1. The second kappa shape index (κ2) is 4.14. The van der Waals surface area contributed by atoms with Gasteiger partial charge in [-0.05, 0) is 38.1 Å². The molecule has 1 aromatic carbocycles. The molecule has 0 aliphatic carbocycles. The minimum absolute atomic E-state index is 0.0207. The van der Waals surface area contributed by atoms with Gasteiger partial charge in [0.2, 0.25) is 6.79 Å². The molecule has 1 aliphatic heterocycles. The Hall–Kier alpha value is -1.55. The number of rotatable bonds is 3. The predicted molar refractivity (Wildman–Crippen MR) is 60.3 cm³/mol. The Labute approximate surface area is 94.6 Å². The number of hydrogen-bond donors (Lipinski definition) is 1. The quantitative estimate of drug-likeness (QED) is 0.784. The van der Waals surface area contributed by atoms with Crippen LogP contribution in [-0.2, 0) is 0 Å². The van der Waals surface area contributed by atoms with Crippen molar-refractivity contribution in [1.29, 1.82) is 0 Å². The summed E-state index contributed by atoms with van der Waals surface area (Å²) in [4.78, 5) is 11.9. The highest BCUT2D eigenvalue weighted by atomic mass is 16.7. The molecule has 0 amide bonds. The summed E-state index contributed by atoms with van der Waals surface area (Å²) in [5, 5.41) is 2.85. The Bertz CT molecular complexity index is 440. The number of benzene rings is 1. The van der Waals surface area contributed by atoms with Crippen LogP contribution in [0.25, 0.3) is 0 Å². The molecule has 1 N–H and O–H groups in total. The van der Waals surface area contributed by atoms with E-state index in [1.165, 1.54) is 0 Å². The Balaban J connectivity index is 2.51. The summed E-state index contributed by atoms with van der Waals surface area (Å²) in [6.45, 7) is 4.43. The summed E-state index contributed by atoms with van der Waals surface area (Å²) in [6, 6.07) is 1.86. The predicted octanol–water partition coefficient (Wildman–Crippen LogP) is 1.43. The molecule has 0 saturated heterocycles. The number of fused-ring (bicyclic) bond motifs is 1. The van der Waals surface area contributed by atoms with Gasteiger partial charge in [-0.25, -0.2) is 0 Å². The van der Waals surface area contributed by atoms with Crippen LogP contribution in [0.5, 0.6) is 11.5 Å². The molecular formula is C12H15NO3. The van der Waals surface area contributed by atoms with Crippen LogP contribution in [0.1, 0.15) is 21.5 Å². The van der Waals surface area contributed by atoms with Crippen molar-refractivity contribution in [3.63, 3.8) is 0 Å². The molecule has 4 heteroatoms. The van der Waals surface area contributed by atoms with Crippen molar-refractivity contribution in [2.24, 2.45) is 0 Å². The van der Waals surface area contributed by atoms with Crippen LogP contribution < -0.4 is 14.8 Å². The van der Waals surface area contributed by atoms with Crippen LogP contribution in [0.2, 0.25) is 0 Å². The molecule has 16 heavy (non-hydrogen) atoms. The van der Waals surface area contributed by atoms with E-state index < -0.39 is 0 Å². The van der Waals surface area contributed by atoms with Crippen molar-refractivity contribution >= 4 is 5.78 Å². The number of carbonyl (C=O) groups excluding carboxylic acids is 1. The van der Waals surface area contributed by atoms with Crippen LogP contribution in [0.4, 0.5) is 0 Å². The molecule has 0 spiro atoms. The molecule has 0 bridgehead atoms. The zero-order chi connectivity index (χ0) is 11.7. The summed E-state index contributed by atoms with van der Waals surface area (Å²) in [6.07, 6.45) is 0. The molecule has 0 radical (unpaired) electrons. The van der Waals surface area contributed by atoms with Gasteiger partial charge in [0.05, 0.1) is 12.1 Å².